The van der Waals surface area contributed by atoms with Crippen molar-refractivity contribution in [1.29, 1.82) is 0 Å². The molecule has 1 aliphatic heterocycles. The molecule has 0 radical (unpaired) electrons. The van der Waals surface area contributed by atoms with Crippen molar-refractivity contribution in [3.63, 3.8) is 0 Å². The van der Waals surface area contributed by atoms with Crippen LogP contribution in [0.2, 0.25) is 0 Å². The second-order valence-electron chi connectivity index (χ2n) is 8.44. The standard InChI is InChI=1S/C26H24N2O6/c1-16-8-9-19(17(2)12-16)15-27-21-7-5-4-6-20(21)26(31,25(27)30)14-23(29)18-10-11-24(34-3)22(13-18)28(32)33/h4-13,31H,14-15H2,1-3H3. The fourth-order valence-corrected chi connectivity index (χ4v) is 4.37. The number of nitro groups is 1. The lowest BCUT2D eigenvalue weighted by atomic mass is 9.88. The molecule has 0 aromatic heterocycles. The summed E-state index contributed by atoms with van der Waals surface area (Å²) in [6.07, 6.45) is -0.546. The zero-order chi connectivity index (χ0) is 24.6. The summed E-state index contributed by atoms with van der Waals surface area (Å²) in [5, 5.41) is 22.9. The minimum Gasteiger partial charge on any atom is -0.490 e. The van der Waals surface area contributed by atoms with Crippen molar-refractivity contribution in [3.8, 4) is 5.75 Å². The van der Waals surface area contributed by atoms with Gasteiger partial charge in [0.2, 0.25) is 0 Å². The first-order chi connectivity index (χ1) is 16.2. The van der Waals surface area contributed by atoms with Crippen LogP contribution in [-0.2, 0) is 16.9 Å². The first kappa shape index (κ1) is 23.1. The number of fused-ring (bicyclic) bond motifs is 1. The number of nitrogens with zero attached hydrogens (tertiary/aromatic N) is 2. The number of aliphatic hydroxyl groups is 1. The van der Waals surface area contributed by atoms with Crippen molar-refractivity contribution in [2.75, 3.05) is 12.0 Å². The molecule has 4 rings (SSSR count). The van der Waals surface area contributed by atoms with E-state index in [-0.39, 0.29) is 23.5 Å². The van der Waals surface area contributed by atoms with E-state index in [9.17, 15) is 24.8 Å². The molecule has 8 nitrogen and oxygen atoms in total. The lowest BCUT2D eigenvalue weighted by molar-refractivity contribution is -0.385. The Bertz CT molecular complexity index is 1320. The number of para-hydroxylation sites is 1. The van der Waals surface area contributed by atoms with Gasteiger partial charge in [0.05, 0.1) is 30.7 Å². The van der Waals surface area contributed by atoms with E-state index in [0.717, 1.165) is 22.8 Å². The SMILES string of the molecule is COc1ccc(C(=O)CC2(O)C(=O)N(Cc3ccc(C)cc3C)c3ccccc32)cc1[N+](=O)[O-]. The van der Waals surface area contributed by atoms with Crippen molar-refractivity contribution in [2.24, 2.45) is 0 Å². The first-order valence-corrected chi connectivity index (χ1v) is 10.7. The lowest BCUT2D eigenvalue weighted by Crippen LogP contribution is -2.41. The van der Waals surface area contributed by atoms with Crippen molar-refractivity contribution < 1.29 is 24.4 Å². The molecular formula is C26H24N2O6. The summed E-state index contributed by atoms with van der Waals surface area (Å²) in [6, 6.07) is 16.6. The number of amides is 1. The van der Waals surface area contributed by atoms with Crippen LogP contribution in [0.4, 0.5) is 11.4 Å². The van der Waals surface area contributed by atoms with E-state index in [1.165, 1.54) is 24.1 Å². The summed E-state index contributed by atoms with van der Waals surface area (Å²) in [5.74, 6) is -1.18. The molecule has 0 saturated heterocycles. The molecule has 3 aromatic carbocycles. The number of nitro benzene ring substituents is 1. The summed E-state index contributed by atoms with van der Waals surface area (Å²) in [6.45, 7) is 4.19. The van der Waals surface area contributed by atoms with Gasteiger partial charge in [0.25, 0.3) is 5.91 Å². The van der Waals surface area contributed by atoms with Crippen LogP contribution in [0.15, 0.2) is 60.7 Å². The maximum Gasteiger partial charge on any atom is 0.311 e. The van der Waals surface area contributed by atoms with Gasteiger partial charge in [-0.1, -0.05) is 42.0 Å². The molecule has 1 heterocycles. The fourth-order valence-electron chi connectivity index (χ4n) is 4.37. The Morgan fingerprint density at radius 3 is 2.53 bits per heavy atom. The third kappa shape index (κ3) is 3.92. The molecule has 174 valence electrons. The van der Waals surface area contributed by atoms with Crippen molar-refractivity contribution in [3.05, 3.63) is 98.6 Å². The molecule has 0 saturated carbocycles. The van der Waals surface area contributed by atoms with Crippen LogP contribution in [0.1, 0.15) is 39.0 Å². The molecule has 8 heteroatoms. The lowest BCUT2D eigenvalue weighted by Gasteiger charge is -2.23. The van der Waals surface area contributed by atoms with E-state index in [1.54, 1.807) is 24.3 Å². The number of methoxy groups -OCH3 is 1. The quantitative estimate of drug-likeness (QED) is 0.321. The molecule has 0 bridgehead atoms. The second-order valence-corrected chi connectivity index (χ2v) is 8.44. The average molecular weight is 460 g/mol. The van der Waals surface area contributed by atoms with Crippen LogP contribution < -0.4 is 9.64 Å². The van der Waals surface area contributed by atoms with E-state index in [2.05, 4.69) is 0 Å². The van der Waals surface area contributed by atoms with Crippen LogP contribution in [0.3, 0.4) is 0 Å². The van der Waals surface area contributed by atoms with Crippen molar-refractivity contribution in [2.45, 2.75) is 32.4 Å². The summed E-state index contributed by atoms with van der Waals surface area (Å²) < 4.78 is 4.98. The predicted molar refractivity (Wildman–Crippen MR) is 126 cm³/mol. The zero-order valence-corrected chi connectivity index (χ0v) is 19.1. The summed E-state index contributed by atoms with van der Waals surface area (Å²) in [5.41, 5.74) is 1.47. The summed E-state index contributed by atoms with van der Waals surface area (Å²) in [7, 11) is 1.30. The van der Waals surface area contributed by atoms with Crippen molar-refractivity contribution in [1.82, 2.24) is 0 Å². The van der Waals surface area contributed by atoms with Gasteiger partial charge in [-0.15, -0.1) is 0 Å². The molecule has 1 N–H and O–H groups in total. The third-order valence-electron chi connectivity index (χ3n) is 6.18. The third-order valence-corrected chi connectivity index (χ3v) is 6.18. The van der Waals surface area contributed by atoms with Gasteiger partial charge in [-0.05, 0) is 43.2 Å². The highest BCUT2D eigenvalue weighted by Crippen LogP contribution is 2.44. The predicted octanol–water partition coefficient (Wildman–Crippen LogP) is 4.23. The molecule has 0 fully saturated rings. The van der Waals surface area contributed by atoms with Gasteiger partial charge in [-0.25, -0.2) is 0 Å². The number of aryl methyl sites for hydroxylation is 2. The van der Waals surface area contributed by atoms with E-state index in [1.807, 2.05) is 32.0 Å². The number of Topliss-reactive ketones (excluding diaryl/α,β-unsaturated/α-hetero) is 1. The highest BCUT2D eigenvalue weighted by Gasteiger charge is 2.50. The highest BCUT2D eigenvalue weighted by atomic mass is 16.6. The monoisotopic (exact) mass is 460 g/mol. The Hall–Kier alpha value is -4.04. The number of hydrogen-bond acceptors (Lipinski definition) is 6. The van der Waals surface area contributed by atoms with E-state index in [4.69, 9.17) is 4.74 Å². The van der Waals surface area contributed by atoms with Gasteiger partial charge >= 0.3 is 5.69 Å². The number of ketones is 1. The van der Waals surface area contributed by atoms with Gasteiger partial charge in [0, 0.05) is 17.2 Å². The van der Waals surface area contributed by atoms with Gasteiger partial charge in [0.1, 0.15) is 0 Å². The molecule has 34 heavy (non-hydrogen) atoms. The van der Waals surface area contributed by atoms with Gasteiger partial charge < -0.3 is 14.7 Å². The molecule has 1 aliphatic rings. The van der Waals surface area contributed by atoms with Crippen LogP contribution in [0, 0.1) is 24.0 Å². The number of hydrogen-bond donors (Lipinski definition) is 1. The number of carbonyl (C=O) groups is 2. The first-order valence-electron chi connectivity index (χ1n) is 10.7. The Kier molecular flexibility index (Phi) is 5.93. The Morgan fingerprint density at radius 1 is 1.12 bits per heavy atom. The van der Waals surface area contributed by atoms with Crippen molar-refractivity contribution >= 4 is 23.1 Å². The topological polar surface area (TPSA) is 110 Å². The van der Waals surface area contributed by atoms with E-state index < -0.39 is 28.6 Å². The smallest absolute Gasteiger partial charge is 0.311 e. The number of ether oxygens (including phenoxy) is 1. The minimum absolute atomic E-state index is 0.0130. The van der Waals surface area contributed by atoms with Gasteiger partial charge in [0.15, 0.2) is 17.1 Å². The van der Waals surface area contributed by atoms with Gasteiger partial charge in [-0.2, -0.15) is 0 Å². The Labute approximate surface area is 196 Å². The fraction of sp³-hybridized carbons (Fsp3) is 0.231. The number of carbonyl (C=O) groups excluding carboxylic acids is 2. The average Bonchev–Trinajstić information content (AvgIpc) is 3.02. The normalized spacial score (nSPS) is 16.9. The zero-order valence-electron chi connectivity index (χ0n) is 19.1. The molecule has 1 unspecified atom stereocenters. The second kappa shape index (κ2) is 8.72. The van der Waals surface area contributed by atoms with Crippen LogP contribution in [0.25, 0.3) is 0 Å². The number of benzene rings is 3. The summed E-state index contributed by atoms with van der Waals surface area (Å²) >= 11 is 0. The number of anilines is 1. The molecular weight excluding hydrogens is 436 g/mol. The van der Waals surface area contributed by atoms with Crippen LogP contribution in [0.5, 0.6) is 5.75 Å². The Morgan fingerprint density at radius 2 is 1.85 bits per heavy atom. The number of rotatable bonds is 7. The maximum atomic E-state index is 13.5. The molecule has 0 aliphatic carbocycles. The molecule has 1 atom stereocenters. The van der Waals surface area contributed by atoms with E-state index >= 15 is 0 Å². The maximum absolute atomic E-state index is 13.5. The van der Waals surface area contributed by atoms with Crippen LogP contribution in [-0.4, -0.2) is 28.8 Å². The van der Waals surface area contributed by atoms with Gasteiger partial charge in [-0.3, -0.25) is 19.7 Å². The highest BCUT2D eigenvalue weighted by molar-refractivity contribution is 6.10. The summed E-state index contributed by atoms with van der Waals surface area (Å²) in [4.78, 5) is 38.8. The molecule has 0 spiro atoms. The molecule has 1 amide bonds. The van der Waals surface area contributed by atoms with Crippen LogP contribution >= 0.6 is 0 Å². The largest absolute Gasteiger partial charge is 0.490 e. The molecule has 3 aromatic rings. The van der Waals surface area contributed by atoms with E-state index in [0.29, 0.717) is 11.3 Å². The minimum atomic E-state index is -2.08. The Balaban J connectivity index is 1.68.